The van der Waals surface area contributed by atoms with E-state index in [0.29, 0.717) is 12.5 Å². The first kappa shape index (κ1) is 24.1. The molecule has 11 heteroatoms. The number of aliphatic carboxylic acids is 1. The van der Waals surface area contributed by atoms with E-state index >= 15 is 0 Å². The average molecular weight is 472 g/mol. The molecule has 0 aliphatic carbocycles. The van der Waals surface area contributed by atoms with Crippen molar-refractivity contribution in [3.63, 3.8) is 0 Å². The Balaban J connectivity index is 0.000000360. The van der Waals surface area contributed by atoms with Crippen LogP contribution in [0.1, 0.15) is 23.4 Å². The zero-order valence-corrected chi connectivity index (χ0v) is 17.9. The lowest BCUT2D eigenvalue weighted by Crippen LogP contribution is -2.42. The van der Waals surface area contributed by atoms with E-state index < -0.39 is 12.1 Å². The van der Waals surface area contributed by atoms with Gasteiger partial charge in [0.15, 0.2) is 0 Å². The van der Waals surface area contributed by atoms with E-state index in [1.807, 2.05) is 35.8 Å². The van der Waals surface area contributed by atoms with Crippen molar-refractivity contribution < 1.29 is 32.6 Å². The average Bonchev–Trinajstić information content (AvgIpc) is 3.42. The van der Waals surface area contributed by atoms with E-state index in [-0.39, 0.29) is 18.1 Å². The lowest BCUT2D eigenvalue weighted by atomic mass is 9.91. The van der Waals surface area contributed by atoms with Gasteiger partial charge in [-0.1, -0.05) is 12.1 Å². The maximum Gasteiger partial charge on any atom is 0.490 e. The number of nitrogens with one attached hydrogen (secondary N) is 1. The number of piperidine rings is 1. The Morgan fingerprint density at radius 3 is 2.69 bits per heavy atom. The van der Waals surface area contributed by atoms with E-state index in [1.165, 1.54) is 4.88 Å². The quantitative estimate of drug-likeness (QED) is 0.697. The number of hydrogen-bond donors (Lipinski definition) is 2. The largest absolute Gasteiger partial charge is 0.490 e. The lowest BCUT2D eigenvalue weighted by molar-refractivity contribution is -0.192. The second-order valence-corrected chi connectivity index (χ2v) is 8.64. The Bertz CT molecular complexity index is 880. The van der Waals surface area contributed by atoms with E-state index in [2.05, 4.69) is 21.3 Å². The highest BCUT2D eigenvalue weighted by molar-refractivity contribution is 7.09. The molecule has 4 rings (SSSR count). The van der Waals surface area contributed by atoms with Crippen molar-refractivity contribution in [2.45, 2.75) is 44.3 Å². The van der Waals surface area contributed by atoms with E-state index in [9.17, 15) is 18.0 Å². The second-order valence-electron chi connectivity index (χ2n) is 7.60. The fraction of sp³-hybridized carbons (Fsp3) is 0.476. The highest BCUT2D eigenvalue weighted by atomic mass is 32.1. The maximum absolute atomic E-state index is 12.4. The topological polar surface area (TPSA) is 91.8 Å². The Morgan fingerprint density at radius 2 is 2.06 bits per heavy atom. The Kier molecular flexibility index (Phi) is 8.21. The van der Waals surface area contributed by atoms with E-state index in [1.54, 1.807) is 11.3 Å². The van der Waals surface area contributed by atoms with Gasteiger partial charge in [-0.2, -0.15) is 13.2 Å². The van der Waals surface area contributed by atoms with Crippen LogP contribution in [0.5, 0.6) is 0 Å². The van der Waals surface area contributed by atoms with Crippen LogP contribution in [0.15, 0.2) is 41.9 Å². The van der Waals surface area contributed by atoms with Gasteiger partial charge in [0.1, 0.15) is 6.10 Å². The van der Waals surface area contributed by atoms with Gasteiger partial charge in [0.05, 0.1) is 18.3 Å². The van der Waals surface area contributed by atoms with Crippen LogP contribution in [-0.4, -0.2) is 58.3 Å². The minimum Gasteiger partial charge on any atom is -0.475 e. The summed E-state index contributed by atoms with van der Waals surface area (Å²) in [7, 11) is 0. The number of fused-ring (bicyclic) bond motifs is 1. The van der Waals surface area contributed by atoms with Crippen molar-refractivity contribution in [1.29, 1.82) is 0 Å². The monoisotopic (exact) mass is 471 g/mol. The number of carboxylic acids is 1. The summed E-state index contributed by atoms with van der Waals surface area (Å²) >= 11 is 1.66. The molecule has 0 saturated carbocycles. The van der Waals surface area contributed by atoms with Crippen LogP contribution in [0.3, 0.4) is 0 Å². The number of aromatic nitrogens is 1. The number of carboxylic acid groups (broad SMARTS) is 1. The SMILES string of the molecule is O=C(NCc1cccs1)[C@H]1C[C@@H]2CCN(Cc3ccccn3)C[C@H]2O1.O=C(O)C(F)(F)F. The maximum atomic E-state index is 12.4. The molecule has 2 aromatic rings. The number of amides is 1. The summed E-state index contributed by atoms with van der Waals surface area (Å²) in [5, 5.41) is 12.2. The highest BCUT2D eigenvalue weighted by Crippen LogP contribution is 2.33. The number of ether oxygens (including phenoxy) is 1. The molecule has 0 radical (unpaired) electrons. The van der Waals surface area contributed by atoms with Crippen LogP contribution < -0.4 is 5.32 Å². The first-order chi connectivity index (χ1) is 15.2. The number of likely N-dealkylation sites (tertiary alicyclic amines) is 1. The number of carbonyl (C=O) groups excluding carboxylic acids is 1. The molecule has 2 saturated heterocycles. The minimum atomic E-state index is -5.08. The van der Waals surface area contributed by atoms with Crippen molar-refractivity contribution >= 4 is 23.2 Å². The number of pyridine rings is 1. The van der Waals surface area contributed by atoms with Crippen LogP contribution in [0.4, 0.5) is 13.2 Å². The number of carbonyl (C=O) groups is 2. The van der Waals surface area contributed by atoms with Crippen LogP contribution >= 0.6 is 11.3 Å². The molecule has 0 unspecified atom stereocenters. The Hall–Kier alpha value is -2.50. The molecule has 2 aromatic heterocycles. The molecule has 0 aromatic carbocycles. The fourth-order valence-electron chi connectivity index (χ4n) is 3.73. The summed E-state index contributed by atoms with van der Waals surface area (Å²) in [6, 6.07) is 10.1. The molecule has 32 heavy (non-hydrogen) atoms. The lowest BCUT2D eigenvalue weighted by Gasteiger charge is -2.33. The van der Waals surface area contributed by atoms with Crippen LogP contribution in [0.25, 0.3) is 0 Å². The molecule has 0 spiro atoms. The fourth-order valence-corrected chi connectivity index (χ4v) is 4.37. The summed E-state index contributed by atoms with van der Waals surface area (Å²) < 4.78 is 37.8. The predicted molar refractivity (Wildman–Crippen MR) is 111 cm³/mol. The van der Waals surface area contributed by atoms with Crippen LogP contribution in [-0.2, 0) is 27.4 Å². The molecule has 2 fully saturated rings. The molecule has 4 heterocycles. The molecule has 3 atom stereocenters. The van der Waals surface area contributed by atoms with Crippen molar-refractivity contribution in [1.82, 2.24) is 15.2 Å². The summed E-state index contributed by atoms with van der Waals surface area (Å²) in [6.45, 7) is 3.38. The molecule has 7 nitrogen and oxygen atoms in total. The first-order valence-corrected chi connectivity index (χ1v) is 11.0. The number of hydrogen-bond acceptors (Lipinski definition) is 6. The number of thiophene rings is 1. The van der Waals surface area contributed by atoms with Gasteiger partial charge < -0.3 is 15.2 Å². The third-order valence-electron chi connectivity index (χ3n) is 5.30. The Morgan fingerprint density at radius 1 is 1.28 bits per heavy atom. The summed E-state index contributed by atoms with van der Waals surface area (Å²) in [5.41, 5.74) is 1.09. The van der Waals surface area contributed by atoms with Gasteiger partial charge in [-0.3, -0.25) is 14.7 Å². The van der Waals surface area contributed by atoms with E-state index in [4.69, 9.17) is 14.6 Å². The summed E-state index contributed by atoms with van der Waals surface area (Å²) in [5.74, 6) is -2.23. The van der Waals surface area contributed by atoms with Crippen molar-refractivity contribution in [3.8, 4) is 0 Å². The van der Waals surface area contributed by atoms with Gasteiger partial charge >= 0.3 is 12.1 Å². The third kappa shape index (κ3) is 7.01. The number of alkyl halides is 3. The molecular weight excluding hydrogens is 447 g/mol. The van der Waals surface area contributed by atoms with Gasteiger partial charge in [0.2, 0.25) is 5.91 Å². The van der Waals surface area contributed by atoms with Gasteiger partial charge in [-0.05, 0) is 48.9 Å². The molecule has 2 N–H and O–H groups in total. The van der Waals surface area contributed by atoms with Gasteiger partial charge in [-0.25, -0.2) is 4.79 Å². The third-order valence-corrected chi connectivity index (χ3v) is 6.18. The molecule has 2 aliphatic rings. The zero-order chi connectivity index (χ0) is 23.1. The highest BCUT2D eigenvalue weighted by Gasteiger charge is 2.41. The van der Waals surface area contributed by atoms with E-state index in [0.717, 1.165) is 38.2 Å². The molecule has 2 aliphatic heterocycles. The normalized spacial score (nSPS) is 23.0. The summed E-state index contributed by atoms with van der Waals surface area (Å²) in [6.07, 6.45) is -1.45. The number of nitrogens with zero attached hydrogens (tertiary/aromatic N) is 2. The van der Waals surface area contributed by atoms with Crippen LogP contribution in [0, 0.1) is 5.92 Å². The van der Waals surface area contributed by atoms with Gasteiger partial charge in [-0.15, -0.1) is 11.3 Å². The molecule has 0 bridgehead atoms. The number of halogens is 3. The smallest absolute Gasteiger partial charge is 0.475 e. The van der Waals surface area contributed by atoms with Crippen molar-refractivity contribution in [2.24, 2.45) is 5.92 Å². The second kappa shape index (κ2) is 10.9. The predicted octanol–water partition coefficient (Wildman–Crippen LogP) is 3.07. The van der Waals surface area contributed by atoms with Crippen LogP contribution in [0.2, 0.25) is 0 Å². The van der Waals surface area contributed by atoms with Gasteiger partial charge in [0, 0.05) is 24.2 Å². The Labute approximate surface area is 187 Å². The minimum absolute atomic E-state index is 0.0269. The van der Waals surface area contributed by atoms with Gasteiger partial charge in [0.25, 0.3) is 0 Å². The standard InChI is InChI=1S/C19H23N3O2S.C2HF3O2/c23-19(21-11-16-5-3-9-25-16)17-10-14-6-8-22(13-18(14)24-17)12-15-4-1-2-7-20-15;3-2(4,5)1(6)7/h1-5,7,9,14,17-18H,6,8,10-13H2,(H,21,23);(H,6,7)/t14-,17+,18+;/m0./s1. The number of rotatable bonds is 5. The molecule has 174 valence electrons. The first-order valence-electron chi connectivity index (χ1n) is 10.1. The zero-order valence-electron chi connectivity index (χ0n) is 17.1. The van der Waals surface area contributed by atoms with Crippen molar-refractivity contribution in [2.75, 3.05) is 13.1 Å². The molecule has 1 amide bonds. The summed E-state index contributed by atoms with van der Waals surface area (Å²) in [4.78, 5) is 29.3. The van der Waals surface area contributed by atoms with Crippen molar-refractivity contribution in [3.05, 3.63) is 52.5 Å². The molecular formula is C21H24F3N3O4S.